The van der Waals surface area contributed by atoms with E-state index in [-0.39, 0.29) is 10.6 Å². The number of aromatic nitrogens is 2. The van der Waals surface area contributed by atoms with Crippen molar-refractivity contribution in [3.05, 3.63) is 69.6 Å². The van der Waals surface area contributed by atoms with Gasteiger partial charge in [0.15, 0.2) is 0 Å². The Hall–Kier alpha value is -2.90. The number of anilines is 1. The maximum Gasteiger partial charge on any atom is 0.290 e. The summed E-state index contributed by atoms with van der Waals surface area (Å²) in [5, 5.41) is 10.3. The molecular formula is C22H25ClN4O3. The second-order valence-corrected chi connectivity index (χ2v) is 7.73. The molecule has 0 spiro atoms. The number of hydrogen-bond acceptors (Lipinski definition) is 5. The third-order valence-corrected chi connectivity index (χ3v) is 5.99. The standard InChI is InChI=1S/C22H25ClN4O3/c1-24-19(21(23)22(29)27(24)16-7-9-17(30-2)10-8-16)15-25-11-13-26(14-12-25)18-5-3-4-6-20(18)28/h3-10,28H,11-15H2,1-2H3. The molecule has 7 nitrogen and oxygen atoms in total. The zero-order valence-corrected chi connectivity index (χ0v) is 17.8. The first-order chi connectivity index (χ1) is 14.5. The molecule has 0 saturated carbocycles. The first kappa shape index (κ1) is 20.4. The number of phenols is 1. The van der Waals surface area contributed by atoms with Crippen LogP contribution in [0.25, 0.3) is 5.69 Å². The van der Waals surface area contributed by atoms with E-state index in [4.69, 9.17) is 16.3 Å². The van der Waals surface area contributed by atoms with Crippen molar-refractivity contribution < 1.29 is 9.84 Å². The van der Waals surface area contributed by atoms with Gasteiger partial charge in [0.2, 0.25) is 0 Å². The number of rotatable bonds is 5. The quantitative estimate of drug-likeness (QED) is 0.677. The van der Waals surface area contributed by atoms with Crippen LogP contribution in [0.5, 0.6) is 11.5 Å². The van der Waals surface area contributed by atoms with Crippen molar-refractivity contribution in [3.63, 3.8) is 0 Å². The summed E-state index contributed by atoms with van der Waals surface area (Å²) < 4.78 is 8.60. The second kappa shape index (κ2) is 8.45. The highest BCUT2D eigenvalue weighted by molar-refractivity contribution is 6.31. The van der Waals surface area contributed by atoms with Crippen molar-refractivity contribution in [1.29, 1.82) is 0 Å². The van der Waals surface area contributed by atoms with Gasteiger partial charge in [0.1, 0.15) is 16.5 Å². The van der Waals surface area contributed by atoms with Crippen LogP contribution in [0.1, 0.15) is 5.69 Å². The number of hydrogen-bond donors (Lipinski definition) is 1. The van der Waals surface area contributed by atoms with Gasteiger partial charge in [0.05, 0.1) is 24.2 Å². The number of benzene rings is 2. The third kappa shape index (κ3) is 3.78. The van der Waals surface area contributed by atoms with E-state index in [0.29, 0.717) is 12.3 Å². The van der Waals surface area contributed by atoms with Gasteiger partial charge in [-0.05, 0) is 36.4 Å². The molecule has 0 aliphatic carbocycles. The normalized spacial score (nSPS) is 14.8. The summed E-state index contributed by atoms with van der Waals surface area (Å²) in [5.41, 5.74) is 2.15. The Labute approximate surface area is 180 Å². The predicted octanol–water partition coefficient (Wildman–Crippen LogP) is 2.87. The molecule has 0 radical (unpaired) electrons. The molecule has 1 N–H and O–H groups in total. The summed E-state index contributed by atoms with van der Waals surface area (Å²) in [4.78, 5) is 17.3. The largest absolute Gasteiger partial charge is 0.506 e. The minimum Gasteiger partial charge on any atom is -0.506 e. The van der Waals surface area contributed by atoms with Crippen LogP contribution in [-0.2, 0) is 13.6 Å². The summed E-state index contributed by atoms with van der Waals surface area (Å²) >= 11 is 6.44. The van der Waals surface area contributed by atoms with Gasteiger partial charge < -0.3 is 14.7 Å². The summed E-state index contributed by atoms with van der Waals surface area (Å²) in [6.07, 6.45) is 0. The van der Waals surface area contributed by atoms with Gasteiger partial charge in [-0.1, -0.05) is 23.7 Å². The molecule has 4 rings (SSSR count). The first-order valence-corrected chi connectivity index (χ1v) is 10.2. The molecule has 1 aliphatic rings. The zero-order valence-electron chi connectivity index (χ0n) is 17.1. The first-order valence-electron chi connectivity index (χ1n) is 9.85. The third-order valence-electron chi connectivity index (χ3n) is 5.61. The van der Waals surface area contributed by atoms with Gasteiger partial charge in [-0.2, -0.15) is 0 Å². The lowest BCUT2D eigenvalue weighted by Crippen LogP contribution is -2.46. The van der Waals surface area contributed by atoms with Crippen LogP contribution in [0.2, 0.25) is 5.02 Å². The average Bonchev–Trinajstić information content (AvgIpc) is 2.98. The monoisotopic (exact) mass is 428 g/mol. The number of methoxy groups -OCH3 is 1. The Balaban J connectivity index is 1.50. The number of aromatic hydroxyl groups is 1. The molecule has 8 heteroatoms. The molecule has 0 bridgehead atoms. The Morgan fingerprint density at radius 3 is 2.33 bits per heavy atom. The van der Waals surface area contributed by atoms with Crippen LogP contribution in [0.3, 0.4) is 0 Å². The van der Waals surface area contributed by atoms with E-state index in [9.17, 15) is 9.90 Å². The lowest BCUT2D eigenvalue weighted by atomic mass is 10.2. The summed E-state index contributed by atoms with van der Waals surface area (Å²) in [6, 6.07) is 14.7. The molecule has 158 valence electrons. The Bertz CT molecular complexity index is 1080. The number of phenolic OH excluding ortho intramolecular Hbond substituents is 1. The topological polar surface area (TPSA) is 62.9 Å². The van der Waals surface area contributed by atoms with Crippen molar-refractivity contribution in [3.8, 4) is 17.2 Å². The van der Waals surface area contributed by atoms with E-state index in [1.54, 1.807) is 17.9 Å². The van der Waals surface area contributed by atoms with Crippen LogP contribution in [0.15, 0.2) is 53.3 Å². The molecule has 2 heterocycles. The fourth-order valence-electron chi connectivity index (χ4n) is 3.89. The number of nitrogens with zero attached hydrogens (tertiary/aromatic N) is 4. The second-order valence-electron chi connectivity index (χ2n) is 7.35. The number of ether oxygens (including phenoxy) is 1. The average molecular weight is 429 g/mol. The van der Waals surface area contributed by atoms with E-state index >= 15 is 0 Å². The van der Waals surface area contributed by atoms with Gasteiger partial charge in [-0.25, -0.2) is 4.68 Å². The lowest BCUT2D eigenvalue weighted by Gasteiger charge is -2.36. The molecule has 0 unspecified atom stereocenters. The van der Waals surface area contributed by atoms with E-state index in [1.807, 2.05) is 54.2 Å². The Morgan fingerprint density at radius 2 is 1.70 bits per heavy atom. The zero-order chi connectivity index (χ0) is 21.3. The Morgan fingerprint density at radius 1 is 1.03 bits per heavy atom. The summed E-state index contributed by atoms with van der Waals surface area (Å²) in [5.74, 6) is 1.03. The molecule has 1 aromatic heterocycles. The molecule has 1 aliphatic heterocycles. The van der Waals surface area contributed by atoms with Crippen molar-refractivity contribution >= 4 is 17.3 Å². The van der Waals surface area contributed by atoms with E-state index in [0.717, 1.165) is 49.0 Å². The van der Waals surface area contributed by atoms with Gasteiger partial charge in [0.25, 0.3) is 5.56 Å². The molecule has 3 aromatic rings. The smallest absolute Gasteiger partial charge is 0.290 e. The minimum absolute atomic E-state index is 0.229. The van der Waals surface area contributed by atoms with Crippen molar-refractivity contribution in [2.45, 2.75) is 6.54 Å². The molecule has 1 fully saturated rings. The highest BCUT2D eigenvalue weighted by atomic mass is 35.5. The molecule has 2 aromatic carbocycles. The fraction of sp³-hybridized carbons (Fsp3) is 0.318. The number of piperazine rings is 1. The van der Waals surface area contributed by atoms with Crippen molar-refractivity contribution in [1.82, 2.24) is 14.3 Å². The highest BCUT2D eigenvalue weighted by Crippen LogP contribution is 2.27. The van der Waals surface area contributed by atoms with Crippen LogP contribution >= 0.6 is 11.6 Å². The SMILES string of the molecule is COc1ccc(-n2c(=O)c(Cl)c(CN3CCN(c4ccccc4O)CC3)n2C)cc1. The maximum absolute atomic E-state index is 12.8. The van der Waals surface area contributed by atoms with Gasteiger partial charge in [0, 0.05) is 39.8 Å². The molecular weight excluding hydrogens is 404 g/mol. The predicted molar refractivity (Wildman–Crippen MR) is 118 cm³/mol. The highest BCUT2D eigenvalue weighted by Gasteiger charge is 2.23. The maximum atomic E-state index is 12.8. The van der Waals surface area contributed by atoms with Crippen LogP contribution in [0.4, 0.5) is 5.69 Å². The van der Waals surface area contributed by atoms with E-state index < -0.39 is 0 Å². The molecule has 0 atom stereocenters. The van der Waals surface area contributed by atoms with Crippen LogP contribution in [-0.4, -0.2) is 52.7 Å². The van der Waals surface area contributed by atoms with Crippen molar-refractivity contribution in [2.75, 3.05) is 38.2 Å². The summed E-state index contributed by atoms with van der Waals surface area (Å²) in [6.45, 7) is 3.80. The van der Waals surface area contributed by atoms with Gasteiger partial charge in [-0.3, -0.25) is 14.4 Å². The van der Waals surface area contributed by atoms with Crippen LogP contribution in [0, 0.1) is 0 Å². The fourth-order valence-corrected chi connectivity index (χ4v) is 4.15. The van der Waals surface area contributed by atoms with E-state index in [2.05, 4.69) is 9.80 Å². The lowest BCUT2D eigenvalue weighted by molar-refractivity contribution is 0.242. The minimum atomic E-state index is -0.229. The number of halogens is 1. The number of para-hydroxylation sites is 2. The van der Waals surface area contributed by atoms with Crippen molar-refractivity contribution in [2.24, 2.45) is 7.05 Å². The van der Waals surface area contributed by atoms with Gasteiger partial charge >= 0.3 is 0 Å². The Kier molecular flexibility index (Phi) is 5.74. The van der Waals surface area contributed by atoms with E-state index in [1.165, 1.54) is 0 Å². The molecule has 30 heavy (non-hydrogen) atoms. The summed E-state index contributed by atoms with van der Waals surface area (Å²) in [7, 11) is 3.46. The van der Waals surface area contributed by atoms with Crippen LogP contribution < -0.4 is 15.2 Å². The van der Waals surface area contributed by atoms with Gasteiger partial charge in [-0.15, -0.1) is 0 Å². The molecule has 1 saturated heterocycles. The molecule has 0 amide bonds.